The highest BCUT2D eigenvalue weighted by Crippen LogP contribution is 2.25. The first-order valence-corrected chi connectivity index (χ1v) is 7.12. The number of hydrogen-bond donors (Lipinski definition) is 1. The minimum atomic E-state index is -0.492. The van der Waals surface area contributed by atoms with Gasteiger partial charge < -0.3 is 9.84 Å². The van der Waals surface area contributed by atoms with Crippen LogP contribution in [-0.2, 0) is 6.61 Å². The van der Waals surface area contributed by atoms with Crippen LogP contribution in [0.15, 0.2) is 40.9 Å². The molecule has 1 N–H and O–H groups in total. The Hall–Kier alpha value is -1.39. The van der Waals surface area contributed by atoms with Crippen molar-refractivity contribution in [2.24, 2.45) is 0 Å². The maximum Gasteiger partial charge on any atom is 0.124 e. The number of benzene rings is 2. The first-order chi connectivity index (χ1) is 9.47. The smallest absolute Gasteiger partial charge is 0.124 e. The summed E-state index contributed by atoms with van der Waals surface area (Å²) in [5, 5.41) is 9.53. The molecule has 0 spiro atoms. The summed E-state index contributed by atoms with van der Waals surface area (Å²) in [7, 11) is 0. The molecule has 106 valence electrons. The van der Waals surface area contributed by atoms with Crippen LogP contribution >= 0.6 is 15.9 Å². The summed E-state index contributed by atoms with van der Waals surface area (Å²) >= 11 is 3.32. The molecule has 0 fully saturated rings. The molecule has 1 atom stereocenters. The predicted octanol–water partition coefficient (Wildman–Crippen LogP) is 4.53. The molecule has 0 bridgehead atoms. The van der Waals surface area contributed by atoms with E-state index in [0.29, 0.717) is 11.1 Å². The summed E-state index contributed by atoms with van der Waals surface area (Å²) in [6.45, 7) is 4.02. The zero-order valence-corrected chi connectivity index (χ0v) is 12.9. The molecule has 0 aliphatic carbocycles. The quantitative estimate of drug-likeness (QED) is 0.887. The molecule has 0 amide bonds. The van der Waals surface area contributed by atoms with Gasteiger partial charge in [-0.3, -0.25) is 0 Å². The summed E-state index contributed by atoms with van der Waals surface area (Å²) in [6.07, 6.45) is -0.492. The van der Waals surface area contributed by atoms with Crippen molar-refractivity contribution in [3.05, 3.63) is 63.4 Å². The zero-order chi connectivity index (χ0) is 14.7. The summed E-state index contributed by atoms with van der Waals surface area (Å²) in [4.78, 5) is 0. The van der Waals surface area contributed by atoms with Crippen LogP contribution < -0.4 is 4.74 Å². The molecule has 0 radical (unpaired) electrons. The third kappa shape index (κ3) is 3.58. The second-order valence-electron chi connectivity index (χ2n) is 4.73. The standard InChI is InChI=1S/C16H16BrFO2/c1-10-7-12(11(2)19)4-6-16(10)20-9-13-3-5-14(18)8-15(13)17/h3-8,11,19H,9H2,1-2H3/t11-/m1/s1. The largest absolute Gasteiger partial charge is 0.489 e. The van der Waals surface area contributed by atoms with Crippen molar-refractivity contribution in [1.29, 1.82) is 0 Å². The van der Waals surface area contributed by atoms with E-state index in [9.17, 15) is 9.50 Å². The fourth-order valence-electron chi connectivity index (χ4n) is 1.89. The van der Waals surface area contributed by atoms with Gasteiger partial charge in [-0.05, 0) is 49.2 Å². The van der Waals surface area contributed by atoms with Crippen LogP contribution in [0.3, 0.4) is 0 Å². The van der Waals surface area contributed by atoms with E-state index in [-0.39, 0.29) is 5.82 Å². The lowest BCUT2D eigenvalue weighted by atomic mass is 10.1. The third-order valence-corrected chi connectivity index (χ3v) is 3.82. The lowest BCUT2D eigenvalue weighted by Gasteiger charge is -2.12. The molecule has 4 heteroatoms. The molecule has 0 heterocycles. The van der Waals surface area contributed by atoms with E-state index in [1.807, 2.05) is 25.1 Å². The highest BCUT2D eigenvalue weighted by atomic mass is 79.9. The molecular formula is C16H16BrFO2. The number of aryl methyl sites for hydroxylation is 1. The lowest BCUT2D eigenvalue weighted by molar-refractivity contribution is 0.199. The molecule has 0 saturated carbocycles. The van der Waals surface area contributed by atoms with Gasteiger partial charge >= 0.3 is 0 Å². The molecule has 0 aliphatic rings. The van der Waals surface area contributed by atoms with Gasteiger partial charge in [0.25, 0.3) is 0 Å². The van der Waals surface area contributed by atoms with Crippen molar-refractivity contribution in [1.82, 2.24) is 0 Å². The summed E-state index contributed by atoms with van der Waals surface area (Å²) < 4.78 is 19.4. The van der Waals surface area contributed by atoms with Crippen LogP contribution in [-0.4, -0.2) is 5.11 Å². The SMILES string of the molecule is Cc1cc([C@@H](C)O)ccc1OCc1ccc(F)cc1Br. The number of ether oxygens (including phenoxy) is 1. The average Bonchev–Trinajstić information content (AvgIpc) is 2.38. The van der Waals surface area contributed by atoms with Crippen molar-refractivity contribution in [3.8, 4) is 5.75 Å². The van der Waals surface area contributed by atoms with E-state index < -0.39 is 6.10 Å². The molecule has 2 rings (SSSR count). The normalized spacial score (nSPS) is 12.2. The highest BCUT2D eigenvalue weighted by molar-refractivity contribution is 9.10. The Morgan fingerprint density at radius 3 is 2.60 bits per heavy atom. The van der Waals surface area contributed by atoms with Gasteiger partial charge in [0.15, 0.2) is 0 Å². The molecule has 2 aromatic carbocycles. The van der Waals surface area contributed by atoms with Gasteiger partial charge in [-0.25, -0.2) is 4.39 Å². The zero-order valence-electron chi connectivity index (χ0n) is 11.4. The highest BCUT2D eigenvalue weighted by Gasteiger charge is 2.07. The van der Waals surface area contributed by atoms with Crippen LogP contribution in [0.25, 0.3) is 0 Å². The van der Waals surface area contributed by atoms with E-state index in [2.05, 4.69) is 15.9 Å². The van der Waals surface area contributed by atoms with Crippen molar-refractivity contribution in [2.75, 3.05) is 0 Å². The Morgan fingerprint density at radius 2 is 2.00 bits per heavy atom. The first-order valence-electron chi connectivity index (χ1n) is 6.32. The Bertz CT molecular complexity index is 611. The van der Waals surface area contributed by atoms with Crippen LogP contribution in [0.4, 0.5) is 4.39 Å². The monoisotopic (exact) mass is 338 g/mol. The summed E-state index contributed by atoms with van der Waals surface area (Å²) in [6, 6.07) is 10.1. The molecule has 0 saturated heterocycles. The van der Waals surface area contributed by atoms with Crippen LogP contribution in [0.5, 0.6) is 5.75 Å². The van der Waals surface area contributed by atoms with Gasteiger partial charge in [-0.15, -0.1) is 0 Å². The number of aliphatic hydroxyl groups excluding tert-OH is 1. The summed E-state index contributed by atoms with van der Waals surface area (Å²) in [5.41, 5.74) is 2.70. The summed E-state index contributed by atoms with van der Waals surface area (Å²) in [5.74, 6) is 0.476. The third-order valence-electron chi connectivity index (χ3n) is 3.08. The van der Waals surface area contributed by atoms with E-state index in [0.717, 1.165) is 22.4 Å². The van der Waals surface area contributed by atoms with Gasteiger partial charge in [0, 0.05) is 10.0 Å². The van der Waals surface area contributed by atoms with Crippen molar-refractivity contribution in [2.45, 2.75) is 26.6 Å². The fourth-order valence-corrected chi connectivity index (χ4v) is 2.35. The van der Waals surface area contributed by atoms with E-state index in [4.69, 9.17) is 4.74 Å². The Morgan fingerprint density at radius 1 is 1.25 bits per heavy atom. The predicted molar refractivity (Wildman–Crippen MR) is 80.2 cm³/mol. The van der Waals surface area contributed by atoms with Gasteiger partial charge in [-0.2, -0.15) is 0 Å². The maximum absolute atomic E-state index is 13.0. The molecule has 0 aliphatic heterocycles. The number of halogens is 2. The minimum Gasteiger partial charge on any atom is -0.489 e. The first kappa shape index (κ1) is 15.0. The average molecular weight is 339 g/mol. The van der Waals surface area contributed by atoms with Crippen LogP contribution in [0, 0.1) is 12.7 Å². The van der Waals surface area contributed by atoms with Gasteiger partial charge in [0.1, 0.15) is 18.2 Å². The molecule has 0 aromatic heterocycles. The topological polar surface area (TPSA) is 29.5 Å². The number of aliphatic hydroxyl groups is 1. The van der Waals surface area contributed by atoms with Gasteiger partial charge in [-0.1, -0.05) is 28.1 Å². The molecule has 0 unspecified atom stereocenters. The van der Waals surface area contributed by atoms with E-state index >= 15 is 0 Å². The maximum atomic E-state index is 13.0. The Kier molecular flexibility index (Phi) is 4.78. The minimum absolute atomic E-state index is 0.280. The Balaban J connectivity index is 2.11. The molecule has 20 heavy (non-hydrogen) atoms. The molecule has 2 nitrogen and oxygen atoms in total. The second kappa shape index (κ2) is 6.37. The fraction of sp³-hybridized carbons (Fsp3) is 0.250. The van der Waals surface area contributed by atoms with Gasteiger partial charge in [0.05, 0.1) is 6.10 Å². The van der Waals surface area contributed by atoms with Crippen LogP contribution in [0.2, 0.25) is 0 Å². The van der Waals surface area contributed by atoms with Gasteiger partial charge in [0.2, 0.25) is 0 Å². The van der Waals surface area contributed by atoms with E-state index in [1.54, 1.807) is 13.0 Å². The van der Waals surface area contributed by atoms with Crippen molar-refractivity contribution in [3.63, 3.8) is 0 Å². The van der Waals surface area contributed by atoms with Crippen molar-refractivity contribution >= 4 is 15.9 Å². The molecular weight excluding hydrogens is 323 g/mol. The second-order valence-corrected chi connectivity index (χ2v) is 5.58. The molecule has 2 aromatic rings. The van der Waals surface area contributed by atoms with E-state index in [1.165, 1.54) is 12.1 Å². The number of hydrogen-bond acceptors (Lipinski definition) is 2. The van der Waals surface area contributed by atoms with Crippen LogP contribution in [0.1, 0.15) is 29.7 Å². The number of rotatable bonds is 4. The van der Waals surface area contributed by atoms with Crippen molar-refractivity contribution < 1.29 is 14.2 Å². The Labute approximate surface area is 126 Å². The lowest BCUT2D eigenvalue weighted by Crippen LogP contribution is -1.99.